The predicted octanol–water partition coefficient (Wildman–Crippen LogP) is 3.99. The van der Waals surface area contributed by atoms with Crippen LogP contribution < -0.4 is 10.1 Å². The van der Waals surface area contributed by atoms with E-state index in [1.807, 2.05) is 0 Å². The molecule has 1 saturated carbocycles. The number of rotatable bonds is 6. The van der Waals surface area contributed by atoms with Crippen molar-refractivity contribution in [2.45, 2.75) is 31.5 Å². The molecule has 1 aliphatic rings. The molecule has 0 aliphatic heterocycles. The normalized spacial score (nSPS) is 14.0. The molecular formula is C16H14ClF3N4O4. The van der Waals surface area contributed by atoms with Crippen LogP contribution in [0.3, 0.4) is 0 Å². The van der Waals surface area contributed by atoms with Crippen LogP contribution in [0.4, 0.5) is 24.5 Å². The van der Waals surface area contributed by atoms with E-state index in [1.165, 1.54) is 19.2 Å². The predicted molar refractivity (Wildman–Crippen MR) is 92.5 cm³/mol. The van der Waals surface area contributed by atoms with E-state index in [9.17, 15) is 28.1 Å². The van der Waals surface area contributed by atoms with E-state index >= 15 is 0 Å². The van der Waals surface area contributed by atoms with Gasteiger partial charge in [0, 0.05) is 18.1 Å². The van der Waals surface area contributed by atoms with Gasteiger partial charge in [-0.25, -0.2) is 0 Å². The Morgan fingerprint density at radius 2 is 2.11 bits per heavy atom. The van der Waals surface area contributed by atoms with Crippen LogP contribution >= 0.6 is 11.6 Å². The number of halogens is 4. The molecule has 3 rings (SSSR count). The maximum atomic E-state index is 13.1. The van der Waals surface area contributed by atoms with Crippen molar-refractivity contribution in [3.8, 4) is 5.75 Å². The van der Waals surface area contributed by atoms with Crippen LogP contribution in [-0.2, 0) is 17.5 Å². The average molecular weight is 419 g/mol. The van der Waals surface area contributed by atoms with E-state index in [-0.39, 0.29) is 28.7 Å². The second kappa shape index (κ2) is 7.30. The van der Waals surface area contributed by atoms with E-state index in [1.54, 1.807) is 0 Å². The molecule has 0 atom stereocenters. The first kappa shape index (κ1) is 19.9. The third-order valence-corrected chi connectivity index (χ3v) is 4.45. The largest absolute Gasteiger partial charge is 0.496 e. The fourth-order valence-electron chi connectivity index (χ4n) is 2.72. The molecule has 150 valence electrons. The summed E-state index contributed by atoms with van der Waals surface area (Å²) in [4.78, 5) is 22.6. The molecule has 1 N–H and O–H groups in total. The van der Waals surface area contributed by atoms with Gasteiger partial charge < -0.3 is 10.1 Å². The summed E-state index contributed by atoms with van der Waals surface area (Å²) in [5, 5.41) is 16.3. The lowest BCUT2D eigenvalue weighted by Crippen LogP contribution is -2.21. The first-order valence-corrected chi connectivity index (χ1v) is 8.44. The SMILES string of the molecule is COc1cc(NC(=O)Cn2nc(C(F)(F)F)c(Cl)c2C2CC2)cc([N+](=O)[O-])c1. The highest BCUT2D eigenvalue weighted by atomic mass is 35.5. The van der Waals surface area contributed by atoms with Gasteiger partial charge in [0.25, 0.3) is 5.69 Å². The zero-order valence-electron chi connectivity index (χ0n) is 14.4. The monoisotopic (exact) mass is 418 g/mol. The number of amides is 1. The van der Waals surface area contributed by atoms with Crippen LogP contribution in [-0.4, -0.2) is 27.7 Å². The van der Waals surface area contributed by atoms with Gasteiger partial charge >= 0.3 is 6.18 Å². The van der Waals surface area contributed by atoms with Gasteiger partial charge in [0.15, 0.2) is 5.69 Å². The van der Waals surface area contributed by atoms with Crippen LogP contribution in [0.2, 0.25) is 5.02 Å². The molecule has 0 bridgehead atoms. The quantitative estimate of drug-likeness (QED) is 0.565. The summed E-state index contributed by atoms with van der Waals surface area (Å²) in [5.41, 5.74) is -1.31. The van der Waals surface area contributed by atoms with Crippen LogP contribution in [0.1, 0.15) is 30.1 Å². The Balaban J connectivity index is 1.84. The van der Waals surface area contributed by atoms with Gasteiger partial charge in [0.05, 0.1) is 34.5 Å². The minimum absolute atomic E-state index is 0.0679. The van der Waals surface area contributed by atoms with Gasteiger partial charge in [-0.15, -0.1) is 0 Å². The molecule has 1 fully saturated rings. The van der Waals surface area contributed by atoms with Crippen LogP contribution in [0.5, 0.6) is 5.75 Å². The number of nitro groups is 1. The van der Waals surface area contributed by atoms with Crippen molar-refractivity contribution in [1.29, 1.82) is 0 Å². The number of methoxy groups -OCH3 is 1. The highest BCUT2D eigenvalue weighted by Gasteiger charge is 2.42. The number of nitro benzene ring substituents is 1. The number of alkyl halides is 3. The maximum absolute atomic E-state index is 13.1. The molecule has 0 spiro atoms. The lowest BCUT2D eigenvalue weighted by molar-refractivity contribution is -0.384. The number of nitrogens with one attached hydrogen (secondary N) is 1. The molecule has 1 aromatic heterocycles. The number of carbonyl (C=O) groups excluding carboxylic acids is 1. The molecule has 12 heteroatoms. The van der Waals surface area contributed by atoms with Crippen LogP contribution in [0.25, 0.3) is 0 Å². The zero-order valence-corrected chi connectivity index (χ0v) is 15.2. The molecule has 28 heavy (non-hydrogen) atoms. The van der Waals surface area contributed by atoms with E-state index in [0.717, 1.165) is 10.7 Å². The summed E-state index contributed by atoms with van der Waals surface area (Å²) in [5.74, 6) is -0.746. The molecule has 2 aromatic rings. The summed E-state index contributed by atoms with van der Waals surface area (Å²) in [6.45, 7) is -0.521. The second-order valence-electron chi connectivity index (χ2n) is 6.20. The Morgan fingerprint density at radius 1 is 1.43 bits per heavy atom. The van der Waals surface area contributed by atoms with Crippen molar-refractivity contribution in [3.05, 3.63) is 44.7 Å². The van der Waals surface area contributed by atoms with Gasteiger partial charge in [-0.3, -0.25) is 19.6 Å². The number of nitrogens with zero attached hydrogens (tertiary/aromatic N) is 3. The van der Waals surface area contributed by atoms with Crippen molar-refractivity contribution < 1.29 is 27.6 Å². The Morgan fingerprint density at radius 3 is 2.64 bits per heavy atom. The lowest BCUT2D eigenvalue weighted by atomic mass is 10.2. The molecule has 1 aromatic carbocycles. The van der Waals surface area contributed by atoms with Gasteiger partial charge in [-0.2, -0.15) is 18.3 Å². The molecule has 0 saturated heterocycles. The fraction of sp³-hybridized carbons (Fsp3) is 0.375. The Labute approximate surface area is 161 Å². The van der Waals surface area contributed by atoms with Gasteiger partial charge in [0.2, 0.25) is 5.91 Å². The number of non-ortho nitro benzene ring substituents is 1. The first-order chi connectivity index (χ1) is 13.1. The number of benzene rings is 1. The number of hydrogen-bond acceptors (Lipinski definition) is 5. The minimum Gasteiger partial charge on any atom is -0.496 e. The van der Waals surface area contributed by atoms with E-state index in [0.29, 0.717) is 12.8 Å². The number of hydrogen-bond donors (Lipinski definition) is 1. The summed E-state index contributed by atoms with van der Waals surface area (Å²) < 4.78 is 45.1. The fourth-order valence-corrected chi connectivity index (χ4v) is 3.11. The number of anilines is 1. The zero-order chi connectivity index (χ0) is 20.6. The van der Waals surface area contributed by atoms with Crippen molar-refractivity contribution in [2.24, 2.45) is 0 Å². The van der Waals surface area contributed by atoms with Gasteiger partial charge in [-0.1, -0.05) is 11.6 Å². The summed E-state index contributed by atoms with van der Waals surface area (Å²) >= 11 is 5.86. The maximum Gasteiger partial charge on any atom is 0.436 e. The molecule has 8 nitrogen and oxygen atoms in total. The summed E-state index contributed by atoms with van der Waals surface area (Å²) in [7, 11) is 1.30. The second-order valence-corrected chi connectivity index (χ2v) is 6.58. The standard InChI is InChI=1S/C16H14ClF3N4O4/c1-28-11-5-9(4-10(6-11)24(26)27)21-12(25)7-23-14(8-2-3-8)13(17)15(22-23)16(18,19)20/h4-6,8H,2-3,7H2,1H3,(H,21,25). The number of carbonyl (C=O) groups is 1. The smallest absolute Gasteiger partial charge is 0.436 e. The summed E-state index contributed by atoms with van der Waals surface area (Å²) in [6, 6.07) is 3.63. The van der Waals surface area contributed by atoms with Crippen LogP contribution in [0.15, 0.2) is 18.2 Å². The third-order valence-electron chi connectivity index (χ3n) is 4.08. The molecule has 1 amide bonds. The number of ether oxygens (including phenoxy) is 1. The molecule has 0 unspecified atom stereocenters. The molecule has 1 aliphatic carbocycles. The van der Waals surface area contributed by atoms with Crippen molar-refractivity contribution in [3.63, 3.8) is 0 Å². The third kappa shape index (κ3) is 4.19. The van der Waals surface area contributed by atoms with Crippen LogP contribution in [0, 0.1) is 10.1 Å². The lowest BCUT2D eigenvalue weighted by Gasteiger charge is -2.09. The Bertz CT molecular complexity index is 941. The highest BCUT2D eigenvalue weighted by molar-refractivity contribution is 6.32. The molecular weight excluding hydrogens is 405 g/mol. The van der Waals surface area contributed by atoms with Crippen molar-refractivity contribution >= 4 is 28.9 Å². The van der Waals surface area contributed by atoms with E-state index < -0.39 is 34.3 Å². The average Bonchev–Trinajstić information content (AvgIpc) is 3.37. The topological polar surface area (TPSA) is 99.3 Å². The summed E-state index contributed by atoms with van der Waals surface area (Å²) in [6.07, 6.45) is -3.42. The molecule has 1 heterocycles. The van der Waals surface area contributed by atoms with Crippen molar-refractivity contribution in [1.82, 2.24) is 9.78 Å². The van der Waals surface area contributed by atoms with Gasteiger partial charge in [0.1, 0.15) is 12.3 Å². The minimum atomic E-state index is -4.74. The first-order valence-electron chi connectivity index (χ1n) is 8.07. The molecule has 0 radical (unpaired) electrons. The van der Waals surface area contributed by atoms with E-state index in [2.05, 4.69) is 10.4 Å². The highest BCUT2D eigenvalue weighted by Crippen LogP contribution is 2.46. The number of aromatic nitrogens is 2. The van der Waals surface area contributed by atoms with Crippen molar-refractivity contribution in [2.75, 3.05) is 12.4 Å². The van der Waals surface area contributed by atoms with Gasteiger partial charge in [-0.05, 0) is 12.8 Å². The Hall–Kier alpha value is -2.82. The van der Waals surface area contributed by atoms with E-state index in [4.69, 9.17) is 16.3 Å². The Kier molecular flexibility index (Phi) is 5.20.